The third-order valence-electron chi connectivity index (χ3n) is 3.76. The summed E-state index contributed by atoms with van der Waals surface area (Å²) in [5, 5.41) is 5.19. The van der Waals surface area contributed by atoms with Gasteiger partial charge in [0, 0.05) is 18.1 Å². The van der Waals surface area contributed by atoms with Crippen LogP contribution >= 0.6 is 11.6 Å². The van der Waals surface area contributed by atoms with Crippen LogP contribution in [0.3, 0.4) is 0 Å². The lowest BCUT2D eigenvalue weighted by atomic mass is 10.2. The summed E-state index contributed by atoms with van der Waals surface area (Å²) in [5.74, 6) is 0.806. The molecule has 0 aliphatic rings. The van der Waals surface area contributed by atoms with Crippen molar-refractivity contribution in [2.45, 2.75) is 6.18 Å². The maximum Gasteiger partial charge on any atom is 0.416 e. The van der Waals surface area contributed by atoms with Crippen LogP contribution in [0.2, 0.25) is 5.02 Å². The molecule has 1 amide bonds. The van der Waals surface area contributed by atoms with Crippen LogP contribution in [0.25, 0.3) is 0 Å². The minimum Gasteiger partial charge on any atom is -0.457 e. The summed E-state index contributed by atoms with van der Waals surface area (Å²) in [4.78, 5) is 15.9. The van der Waals surface area contributed by atoms with Crippen LogP contribution in [-0.2, 0) is 11.0 Å². The highest BCUT2D eigenvalue weighted by atomic mass is 35.5. The fraction of sp³-hybridized carbons (Fsp3) is 0.100. The second kappa shape index (κ2) is 8.83. The van der Waals surface area contributed by atoms with Crippen molar-refractivity contribution in [2.24, 2.45) is 0 Å². The molecule has 2 aromatic carbocycles. The lowest BCUT2D eigenvalue weighted by Gasteiger charge is -2.12. The van der Waals surface area contributed by atoms with Crippen molar-refractivity contribution in [3.8, 4) is 11.5 Å². The normalized spacial score (nSPS) is 11.0. The van der Waals surface area contributed by atoms with Gasteiger partial charge >= 0.3 is 6.18 Å². The Morgan fingerprint density at radius 3 is 2.28 bits per heavy atom. The lowest BCUT2D eigenvalue weighted by molar-refractivity contribution is -0.137. The molecule has 0 radical (unpaired) electrons. The number of halogens is 4. The number of hydrogen-bond acceptors (Lipinski definition) is 4. The highest BCUT2D eigenvalue weighted by Crippen LogP contribution is 2.33. The number of pyridine rings is 1. The predicted molar refractivity (Wildman–Crippen MR) is 104 cm³/mol. The van der Waals surface area contributed by atoms with Gasteiger partial charge < -0.3 is 15.4 Å². The van der Waals surface area contributed by atoms with E-state index in [0.29, 0.717) is 17.2 Å². The van der Waals surface area contributed by atoms with Crippen LogP contribution in [0.15, 0.2) is 67.0 Å². The molecule has 3 rings (SSSR count). The molecule has 0 fully saturated rings. The molecule has 0 bridgehead atoms. The van der Waals surface area contributed by atoms with E-state index in [1.54, 1.807) is 48.8 Å². The molecule has 0 atom stereocenters. The molecule has 0 saturated heterocycles. The molecule has 5 nitrogen and oxygen atoms in total. The van der Waals surface area contributed by atoms with Crippen LogP contribution in [0, 0.1) is 0 Å². The van der Waals surface area contributed by atoms with Crippen LogP contribution in [0.1, 0.15) is 5.56 Å². The molecule has 0 aliphatic carbocycles. The van der Waals surface area contributed by atoms with Gasteiger partial charge in [0.05, 0.1) is 22.8 Å². The quantitative estimate of drug-likeness (QED) is 0.544. The van der Waals surface area contributed by atoms with E-state index < -0.39 is 17.6 Å². The summed E-state index contributed by atoms with van der Waals surface area (Å²) in [6.45, 7) is -0.0953. The number of carbonyl (C=O) groups excluding carboxylic acids is 1. The fourth-order valence-electron chi connectivity index (χ4n) is 2.35. The maximum absolute atomic E-state index is 12.7. The molecule has 0 spiro atoms. The Hall–Kier alpha value is -3.26. The minimum absolute atomic E-state index is 0.0953. The van der Waals surface area contributed by atoms with Crippen LogP contribution in [0.4, 0.5) is 24.5 Å². The number of aromatic nitrogens is 1. The summed E-state index contributed by atoms with van der Waals surface area (Å²) < 4.78 is 43.6. The number of amides is 1. The van der Waals surface area contributed by atoms with E-state index in [-0.39, 0.29) is 17.3 Å². The molecule has 0 aliphatic heterocycles. The molecule has 1 heterocycles. The van der Waals surface area contributed by atoms with E-state index in [4.69, 9.17) is 16.3 Å². The van der Waals surface area contributed by atoms with E-state index in [1.165, 1.54) is 0 Å². The first-order chi connectivity index (χ1) is 13.8. The fourth-order valence-corrected chi connectivity index (χ4v) is 2.58. The zero-order valence-corrected chi connectivity index (χ0v) is 15.6. The number of nitrogens with zero attached hydrogens (tertiary/aromatic N) is 1. The van der Waals surface area contributed by atoms with E-state index in [2.05, 4.69) is 15.6 Å². The first-order valence-corrected chi connectivity index (χ1v) is 8.77. The van der Waals surface area contributed by atoms with E-state index in [9.17, 15) is 18.0 Å². The van der Waals surface area contributed by atoms with Gasteiger partial charge in [-0.1, -0.05) is 11.6 Å². The standard InChI is InChI=1S/C20H15ClF3N3O2/c21-17-11-13(20(22,23)24)1-6-18(17)27-19(28)12-26-14-2-4-15(5-3-14)29-16-7-9-25-10-8-16/h1-11,26H,12H2,(H,27,28). The number of alkyl halides is 3. The Labute approximate surface area is 169 Å². The van der Waals surface area contributed by atoms with Crippen LogP contribution in [-0.4, -0.2) is 17.4 Å². The number of hydrogen-bond donors (Lipinski definition) is 2. The zero-order chi connectivity index (χ0) is 20.9. The van der Waals surface area contributed by atoms with Gasteiger partial charge in [-0.05, 0) is 54.6 Å². The van der Waals surface area contributed by atoms with Gasteiger partial charge in [-0.15, -0.1) is 0 Å². The van der Waals surface area contributed by atoms with Crippen molar-refractivity contribution in [2.75, 3.05) is 17.2 Å². The van der Waals surface area contributed by atoms with Crippen molar-refractivity contribution >= 4 is 28.9 Å². The lowest BCUT2D eigenvalue weighted by Crippen LogP contribution is -2.22. The van der Waals surface area contributed by atoms with Crippen molar-refractivity contribution in [3.63, 3.8) is 0 Å². The molecule has 29 heavy (non-hydrogen) atoms. The van der Waals surface area contributed by atoms with Gasteiger partial charge in [0.1, 0.15) is 11.5 Å². The molecule has 1 aromatic heterocycles. The number of anilines is 2. The Bertz CT molecular complexity index is 981. The monoisotopic (exact) mass is 421 g/mol. The first-order valence-electron chi connectivity index (χ1n) is 8.40. The average Bonchev–Trinajstić information content (AvgIpc) is 2.69. The maximum atomic E-state index is 12.7. The van der Waals surface area contributed by atoms with Gasteiger partial charge in [0.15, 0.2) is 0 Å². The topological polar surface area (TPSA) is 63.2 Å². The highest BCUT2D eigenvalue weighted by Gasteiger charge is 2.30. The molecular formula is C20H15ClF3N3O2. The molecular weight excluding hydrogens is 407 g/mol. The van der Waals surface area contributed by atoms with E-state index in [1.807, 2.05) is 0 Å². The van der Waals surface area contributed by atoms with Gasteiger partial charge in [-0.25, -0.2) is 0 Å². The first kappa shape index (κ1) is 20.5. The summed E-state index contributed by atoms with van der Waals surface area (Å²) in [6, 6.07) is 13.1. The molecule has 9 heteroatoms. The summed E-state index contributed by atoms with van der Waals surface area (Å²) in [5.41, 5.74) is -0.110. The Morgan fingerprint density at radius 1 is 1.00 bits per heavy atom. The highest BCUT2D eigenvalue weighted by molar-refractivity contribution is 6.33. The predicted octanol–water partition coefficient (Wildman–Crippen LogP) is 5.60. The molecule has 0 unspecified atom stereocenters. The number of ether oxygens (including phenoxy) is 1. The SMILES string of the molecule is O=C(CNc1ccc(Oc2ccncc2)cc1)Nc1ccc(C(F)(F)F)cc1Cl. The van der Waals surface area contributed by atoms with Crippen molar-refractivity contribution in [1.82, 2.24) is 4.98 Å². The third-order valence-corrected chi connectivity index (χ3v) is 4.08. The summed E-state index contributed by atoms with van der Waals surface area (Å²) in [7, 11) is 0. The number of rotatable bonds is 6. The molecule has 0 saturated carbocycles. The number of benzene rings is 2. The Balaban J connectivity index is 1.53. The number of nitrogens with one attached hydrogen (secondary N) is 2. The van der Waals surface area contributed by atoms with Gasteiger partial charge in [0.25, 0.3) is 0 Å². The van der Waals surface area contributed by atoms with Crippen LogP contribution < -0.4 is 15.4 Å². The largest absolute Gasteiger partial charge is 0.457 e. The molecule has 150 valence electrons. The minimum atomic E-state index is -4.50. The van der Waals surface area contributed by atoms with Crippen molar-refractivity contribution in [1.29, 1.82) is 0 Å². The van der Waals surface area contributed by atoms with Crippen molar-refractivity contribution < 1.29 is 22.7 Å². The second-order valence-corrected chi connectivity index (χ2v) is 6.31. The average molecular weight is 422 g/mol. The van der Waals surface area contributed by atoms with E-state index in [0.717, 1.165) is 18.2 Å². The Kier molecular flexibility index (Phi) is 6.23. The van der Waals surface area contributed by atoms with Gasteiger partial charge in [-0.2, -0.15) is 13.2 Å². The smallest absolute Gasteiger partial charge is 0.416 e. The van der Waals surface area contributed by atoms with E-state index >= 15 is 0 Å². The van der Waals surface area contributed by atoms with Gasteiger partial charge in [-0.3, -0.25) is 9.78 Å². The number of carbonyl (C=O) groups is 1. The third kappa shape index (κ3) is 5.86. The molecule has 2 N–H and O–H groups in total. The van der Waals surface area contributed by atoms with Gasteiger partial charge in [0.2, 0.25) is 5.91 Å². The van der Waals surface area contributed by atoms with Crippen molar-refractivity contribution in [3.05, 3.63) is 77.6 Å². The Morgan fingerprint density at radius 2 is 1.66 bits per heavy atom. The molecule has 3 aromatic rings. The summed E-state index contributed by atoms with van der Waals surface area (Å²) >= 11 is 5.83. The second-order valence-electron chi connectivity index (χ2n) is 5.90. The zero-order valence-electron chi connectivity index (χ0n) is 14.8. The summed E-state index contributed by atoms with van der Waals surface area (Å²) in [6.07, 6.45) is -1.26. The van der Waals surface area contributed by atoms with Crippen LogP contribution in [0.5, 0.6) is 11.5 Å².